The van der Waals surface area contributed by atoms with E-state index in [1.807, 2.05) is 0 Å². The molecule has 69 heavy (non-hydrogen) atoms. The van der Waals surface area contributed by atoms with Gasteiger partial charge >= 0.3 is 19.5 Å². The SMILES string of the molecule is C=C=C=C=C=C=C=C=C=C=C=C(NC(=O)CCCCCNC(=O)CCSC1C=CN(C2OC(COP(=O)([O-])O)C(OC)C2C)C(=O)N1)OP(=O)(O)OCC1OC(n2cc(Br)c(=O)[nH]c2=O)CC1O.[Y]. The first kappa shape index (κ1) is 59.3. The molecule has 1 aromatic heterocycles. The number of carbonyl (C=O) groups excluding carboxylic acids is 3. The Morgan fingerprint density at radius 1 is 1.00 bits per heavy atom. The first-order chi connectivity index (χ1) is 32.3. The molecular weight excluding hydrogens is 1110 g/mol. The molecule has 4 rings (SSSR count). The molecule has 2 saturated heterocycles. The largest absolute Gasteiger partial charge is 0.756 e. The van der Waals surface area contributed by atoms with Crippen LogP contribution in [0.5, 0.6) is 0 Å². The first-order valence-corrected chi connectivity index (χ1v) is 25.1. The van der Waals surface area contributed by atoms with Gasteiger partial charge in [0.1, 0.15) is 24.7 Å². The molecule has 3 aliphatic rings. The van der Waals surface area contributed by atoms with E-state index >= 15 is 0 Å². The number of aromatic amines is 1. The van der Waals surface area contributed by atoms with E-state index in [2.05, 4.69) is 105 Å². The third-order valence-corrected chi connectivity index (χ3v) is 12.6. The van der Waals surface area contributed by atoms with Gasteiger partial charge in [0.05, 0.1) is 35.3 Å². The van der Waals surface area contributed by atoms with Crippen molar-refractivity contribution in [3.05, 3.63) is 114 Å². The van der Waals surface area contributed by atoms with Gasteiger partial charge in [-0.2, -0.15) is 0 Å². The number of methoxy groups -OCH3 is 1. The number of phosphoric acid groups is 2. The summed E-state index contributed by atoms with van der Waals surface area (Å²) in [6.07, 6.45) is -0.132. The smallest absolute Gasteiger partial charge is 0.529 e. The normalized spacial score (nSPS) is 23.9. The van der Waals surface area contributed by atoms with E-state index in [9.17, 15) is 48.0 Å². The van der Waals surface area contributed by atoms with E-state index in [0.29, 0.717) is 31.6 Å². The predicted octanol–water partition coefficient (Wildman–Crippen LogP) is 1.74. The minimum Gasteiger partial charge on any atom is -0.756 e. The van der Waals surface area contributed by atoms with Crippen molar-refractivity contribution in [3.63, 3.8) is 0 Å². The number of aromatic nitrogens is 2. The minimum absolute atomic E-state index is 0. The number of phosphoric ester groups is 2. The molecule has 1 aromatic rings. The number of urea groups is 1. The summed E-state index contributed by atoms with van der Waals surface area (Å²) in [7, 11) is -8.64. The minimum atomic E-state index is -5.04. The number of amides is 4. The van der Waals surface area contributed by atoms with E-state index in [0.717, 1.165) is 4.57 Å². The maximum atomic E-state index is 13.0. The van der Waals surface area contributed by atoms with Gasteiger partial charge in [0.25, 0.3) is 19.3 Å². The molecule has 4 heterocycles. The summed E-state index contributed by atoms with van der Waals surface area (Å²) >= 11 is 4.33. The van der Waals surface area contributed by atoms with Gasteiger partial charge in [-0.15, -0.1) is 11.8 Å². The van der Waals surface area contributed by atoms with E-state index in [1.165, 1.54) is 36.2 Å². The number of nitrogens with zero attached hydrogens (tertiary/aromatic N) is 2. The number of halogens is 1. The molecule has 10 unspecified atom stereocenters. The van der Waals surface area contributed by atoms with Gasteiger partial charge in [0.2, 0.25) is 11.8 Å². The second-order valence-corrected chi connectivity index (χ2v) is 19.1. The number of hydrogen-bond donors (Lipinski definition) is 7. The molecule has 369 valence electrons. The molecule has 7 N–H and O–H groups in total. The summed E-state index contributed by atoms with van der Waals surface area (Å²) in [6, 6.07) is -0.485. The molecule has 28 heteroatoms. The Labute approximate surface area is 432 Å². The number of carbonyl (C=O) groups is 3. The summed E-state index contributed by atoms with van der Waals surface area (Å²) in [5, 5.41) is 18.0. The van der Waals surface area contributed by atoms with Crippen molar-refractivity contribution < 1.29 is 104 Å². The summed E-state index contributed by atoms with van der Waals surface area (Å²) in [6.45, 7) is 4.18. The topological polar surface area (TPSA) is 319 Å². The van der Waals surface area contributed by atoms with Crippen molar-refractivity contribution in [2.45, 2.75) is 87.7 Å². The molecule has 10 atom stereocenters. The third kappa shape index (κ3) is 20.3. The molecule has 2 fully saturated rings. The Kier molecular flexibility index (Phi) is 25.2. The summed E-state index contributed by atoms with van der Waals surface area (Å²) in [4.78, 5) is 96.2. The summed E-state index contributed by atoms with van der Waals surface area (Å²) in [5.74, 6) is -1.59. The van der Waals surface area contributed by atoms with Gasteiger partial charge in [-0.25, -0.2) is 14.2 Å². The summed E-state index contributed by atoms with van der Waals surface area (Å²) in [5.41, 5.74) is 22.2. The zero-order chi connectivity index (χ0) is 49.9. The molecule has 0 aromatic carbocycles. The van der Waals surface area contributed by atoms with E-state index in [4.69, 9.17) is 28.2 Å². The molecular formula is C41H46BrN6O17P2SY-. The Morgan fingerprint density at radius 2 is 1.68 bits per heavy atom. The number of hydrogen-bond acceptors (Lipinski definition) is 16. The van der Waals surface area contributed by atoms with E-state index in [1.54, 1.807) is 13.0 Å². The van der Waals surface area contributed by atoms with Crippen molar-refractivity contribution in [1.82, 2.24) is 30.4 Å². The van der Waals surface area contributed by atoms with Crippen LogP contribution >= 0.6 is 43.3 Å². The average Bonchev–Trinajstić information content (AvgIpc) is 3.80. The maximum absolute atomic E-state index is 13.0. The molecule has 0 saturated carbocycles. The molecule has 0 bridgehead atoms. The third-order valence-electron chi connectivity index (χ3n) is 9.55. The van der Waals surface area contributed by atoms with Crippen LogP contribution in [0.4, 0.5) is 4.79 Å². The number of H-pyrrole nitrogens is 1. The number of rotatable bonds is 22. The van der Waals surface area contributed by atoms with Crippen molar-refractivity contribution in [1.29, 1.82) is 0 Å². The summed E-state index contributed by atoms with van der Waals surface area (Å²) < 4.78 is 56.5. The Balaban J connectivity index is 0.0000126. The van der Waals surface area contributed by atoms with Crippen LogP contribution in [-0.4, -0.2) is 116 Å². The Morgan fingerprint density at radius 3 is 2.35 bits per heavy atom. The van der Waals surface area contributed by atoms with Crippen LogP contribution in [0.1, 0.15) is 51.7 Å². The Hall–Kier alpha value is -4.00. The van der Waals surface area contributed by atoms with Crippen LogP contribution in [0.3, 0.4) is 0 Å². The van der Waals surface area contributed by atoms with Crippen molar-refractivity contribution in [2.75, 3.05) is 32.6 Å². The number of aliphatic hydroxyl groups excluding tert-OH is 1. The standard InChI is InChI=1S/C41H47BrN6O17P2S.Y/c1-4-5-6-7-8-9-10-11-14-17-34(65-67(58,59)62-25-30-29(49)23-36(63-30)48-24-28(42)38(52)46-41(48)54)44-33(51)16-13-12-15-20-43-32(50)19-22-68-35-18-21-47(40(53)45-35)39-27(2)37(60-3)31(64-39)26-61-66(55,56)57;/h18,21,24,27,29-31,35-37,39,49H,1,12-13,15-16,19-20,22-23,25-26H2,2-3H3,(H,43,50)(H,44,51)(H,45,53)(H,58,59)(H,46,52,54)(H2,55,56,57);/p-1. The second-order valence-electron chi connectivity index (χ2n) is 14.4. The fourth-order valence-corrected chi connectivity index (χ4v) is 8.72. The van der Waals surface area contributed by atoms with Crippen LogP contribution in [0.25, 0.3) is 0 Å². The van der Waals surface area contributed by atoms with Crippen LogP contribution in [-0.2, 0) is 79.2 Å². The van der Waals surface area contributed by atoms with Crippen LogP contribution in [0.2, 0.25) is 0 Å². The van der Waals surface area contributed by atoms with E-state index < -0.39 is 100 Å². The monoisotopic (exact) mass is 1160 g/mol. The number of unbranched alkanes of at least 4 members (excludes halogenated alkanes) is 2. The van der Waals surface area contributed by atoms with Crippen molar-refractivity contribution in [2.24, 2.45) is 5.92 Å². The molecule has 3 aliphatic heterocycles. The molecule has 23 nitrogen and oxygen atoms in total. The van der Waals surface area contributed by atoms with E-state index in [-0.39, 0.29) is 68.3 Å². The van der Waals surface area contributed by atoms with Gasteiger partial charge in [-0.3, -0.25) is 48.1 Å². The van der Waals surface area contributed by atoms with Crippen molar-refractivity contribution >= 4 is 61.2 Å². The average molecular weight is 1160 g/mol. The van der Waals surface area contributed by atoms with Crippen LogP contribution < -0.4 is 32.1 Å². The number of nitrogens with one attached hydrogen (secondary N) is 4. The number of ether oxygens (including phenoxy) is 3. The first-order valence-electron chi connectivity index (χ1n) is 20.3. The van der Waals surface area contributed by atoms with Crippen LogP contribution in [0.15, 0.2) is 102 Å². The quantitative estimate of drug-likeness (QED) is 0.0376. The number of aliphatic hydroxyl groups is 1. The fraction of sp³-hybridized carbons (Fsp3) is 0.488. The molecule has 4 amide bonds. The zero-order valence-corrected chi connectivity index (χ0v) is 43.9. The zero-order valence-electron chi connectivity index (χ0n) is 36.8. The maximum Gasteiger partial charge on any atom is 0.529 e. The van der Waals surface area contributed by atoms with Gasteiger partial charge < -0.3 is 48.8 Å². The van der Waals surface area contributed by atoms with Gasteiger partial charge in [0.15, 0.2) is 0 Å². The number of thioether (sulfide) groups is 1. The predicted molar refractivity (Wildman–Crippen MR) is 239 cm³/mol. The fourth-order valence-electron chi connectivity index (χ4n) is 6.44. The Bertz CT molecular complexity index is 2690. The van der Waals surface area contributed by atoms with Gasteiger partial charge in [-0.05, 0) is 87.3 Å². The van der Waals surface area contributed by atoms with Crippen molar-refractivity contribution in [3.8, 4) is 0 Å². The van der Waals surface area contributed by atoms with Crippen LogP contribution in [0, 0.1) is 5.92 Å². The molecule has 0 aliphatic carbocycles. The molecule has 0 spiro atoms. The second kappa shape index (κ2) is 29.4. The molecule has 1 radical (unpaired) electrons. The van der Waals surface area contributed by atoms with Gasteiger partial charge in [-0.1, -0.05) is 19.1 Å². The van der Waals surface area contributed by atoms with Gasteiger partial charge in [0, 0.05) is 95.4 Å².